The van der Waals surface area contributed by atoms with Gasteiger partial charge in [-0.3, -0.25) is 6.08 Å². The zero-order chi connectivity index (χ0) is 5.66. The van der Waals surface area contributed by atoms with Crippen molar-refractivity contribution in [3.8, 4) is 0 Å². The Morgan fingerprint density at radius 1 is 1.22 bits per heavy atom. The Labute approximate surface area is 69.8 Å². The topological polar surface area (TPSA) is 0 Å². The van der Waals surface area contributed by atoms with Crippen LogP contribution in [0.2, 0.25) is 0 Å². The minimum atomic E-state index is 0. The normalized spacial score (nSPS) is 21.3. The maximum absolute atomic E-state index is 3.18. The molecule has 0 aromatic carbocycles. The first-order valence-electron chi connectivity index (χ1n) is 3.22. The maximum Gasteiger partial charge on any atom is 2.00 e. The van der Waals surface area contributed by atoms with E-state index in [-0.39, 0.29) is 19.5 Å². The summed E-state index contributed by atoms with van der Waals surface area (Å²) < 4.78 is 0. The molecule has 0 saturated carbocycles. The number of allylic oxidation sites excluding steroid dienone is 4. The first kappa shape index (κ1) is 9.10. The standard InChI is InChI=1S/C8H11.Rh/c1-2-4-6-8-7-5-3-1;/h1-3H,4,6-8H2;/q-1;+2/b2-1-;. The van der Waals surface area contributed by atoms with Crippen LogP contribution in [0, 0.1) is 6.08 Å². The van der Waals surface area contributed by atoms with Crippen LogP contribution in [0.15, 0.2) is 18.2 Å². The Morgan fingerprint density at radius 2 is 2.11 bits per heavy atom. The third-order valence-corrected chi connectivity index (χ3v) is 1.29. The molecule has 9 heavy (non-hydrogen) atoms. The second-order valence-electron chi connectivity index (χ2n) is 2.04. The molecule has 0 atom stereocenters. The first-order valence-corrected chi connectivity index (χ1v) is 3.22. The zero-order valence-corrected chi connectivity index (χ0v) is 7.03. The van der Waals surface area contributed by atoms with E-state index < -0.39 is 0 Å². The smallest absolute Gasteiger partial charge is 0.275 e. The van der Waals surface area contributed by atoms with E-state index in [1.54, 1.807) is 0 Å². The van der Waals surface area contributed by atoms with Crippen LogP contribution in [0.5, 0.6) is 0 Å². The van der Waals surface area contributed by atoms with E-state index in [2.05, 4.69) is 18.2 Å². The molecule has 0 aromatic rings. The Hall–Kier alpha value is 0.103. The fraction of sp³-hybridized carbons (Fsp3) is 0.500. The van der Waals surface area contributed by atoms with Gasteiger partial charge in [-0.2, -0.15) is 6.08 Å². The molecule has 1 aliphatic rings. The monoisotopic (exact) mass is 210 g/mol. The molecule has 0 N–H and O–H groups in total. The fourth-order valence-electron chi connectivity index (χ4n) is 0.805. The van der Waals surface area contributed by atoms with Gasteiger partial charge in [0.05, 0.1) is 0 Å². The van der Waals surface area contributed by atoms with Gasteiger partial charge in [0.15, 0.2) is 0 Å². The van der Waals surface area contributed by atoms with Gasteiger partial charge in [0.25, 0.3) is 0 Å². The van der Waals surface area contributed by atoms with Gasteiger partial charge < -0.3 is 0 Å². The summed E-state index contributed by atoms with van der Waals surface area (Å²) in [5.74, 6) is 0. The third-order valence-electron chi connectivity index (χ3n) is 1.29. The minimum absolute atomic E-state index is 0. The molecular formula is C8H11Rh+. The molecule has 0 spiro atoms. The molecule has 0 saturated heterocycles. The van der Waals surface area contributed by atoms with Crippen molar-refractivity contribution < 1.29 is 19.5 Å². The molecule has 1 rings (SSSR count). The quantitative estimate of drug-likeness (QED) is 0.425. The number of hydrogen-bond donors (Lipinski definition) is 0. The van der Waals surface area contributed by atoms with Crippen LogP contribution in [0.3, 0.4) is 0 Å². The van der Waals surface area contributed by atoms with Gasteiger partial charge >= 0.3 is 19.5 Å². The van der Waals surface area contributed by atoms with Gasteiger partial charge in [-0.15, -0.1) is 6.42 Å². The predicted octanol–water partition coefficient (Wildman–Crippen LogP) is 2.47. The van der Waals surface area contributed by atoms with Crippen LogP contribution in [0.25, 0.3) is 0 Å². The summed E-state index contributed by atoms with van der Waals surface area (Å²) in [6, 6.07) is 0. The van der Waals surface area contributed by atoms with Crippen molar-refractivity contribution in [1.29, 1.82) is 0 Å². The molecule has 0 aromatic heterocycles. The van der Waals surface area contributed by atoms with E-state index in [0.29, 0.717) is 0 Å². The number of hydrogen-bond acceptors (Lipinski definition) is 0. The van der Waals surface area contributed by atoms with E-state index in [4.69, 9.17) is 0 Å². The Bertz CT molecular complexity index is 89.1. The molecule has 1 radical (unpaired) electrons. The van der Waals surface area contributed by atoms with E-state index in [9.17, 15) is 0 Å². The van der Waals surface area contributed by atoms with Gasteiger partial charge in [0.2, 0.25) is 0 Å². The van der Waals surface area contributed by atoms with Crippen molar-refractivity contribution in [3.05, 3.63) is 24.3 Å². The largest absolute Gasteiger partial charge is 2.00 e. The second kappa shape index (κ2) is 6.23. The zero-order valence-electron chi connectivity index (χ0n) is 5.39. The molecule has 1 heteroatoms. The van der Waals surface area contributed by atoms with Crippen LogP contribution in [0.1, 0.15) is 25.7 Å². The van der Waals surface area contributed by atoms with Crippen LogP contribution in [-0.4, -0.2) is 0 Å². The Morgan fingerprint density at radius 3 is 3.00 bits per heavy atom. The van der Waals surface area contributed by atoms with Crippen LogP contribution < -0.4 is 0 Å². The Balaban J connectivity index is 0.000000640. The molecule has 0 amide bonds. The van der Waals surface area contributed by atoms with Crippen molar-refractivity contribution in [3.63, 3.8) is 0 Å². The molecule has 0 nitrogen and oxygen atoms in total. The molecule has 0 unspecified atom stereocenters. The maximum atomic E-state index is 3.18. The van der Waals surface area contributed by atoms with Crippen LogP contribution >= 0.6 is 0 Å². The molecule has 1 aliphatic carbocycles. The van der Waals surface area contributed by atoms with Crippen LogP contribution in [0.4, 0.5) is 0 Å². The summed E-state index contributed by atoms with van der Waals surface area (Å²) in [7, 11) is 0. The van der Waals surface area contributed by atoms with Gasteiger partial charge in [0, 0.05) is 0 Å². The molecule has 0 fully saturated rings. The summed E-state index contributed by atoms with van der Waals surface area (Å²) >= 11 is 0. The van der Waals surface area contributed by atoms with Gasteiger partial charge in [0.1, 0.15) is 0 Å². The van der Waals surface area contributed by atoms with Gasteiger partial charge in [-0.25, -0.2) is 12.2 Å². The van der Waals surface area contributed by atoms with Gasteiger partial charge in [-0.1, -0.05) is 19.3 Å². The summed E-state index contributed by atoms with van der Waals surface area (Å²) in [4.78, 5) is 0. The first-order chi connectivity index (χ1) is 4.00. The molecule has 0 heterocycles. The summed E-state index contributed by atoms with van der Waals surface area (Å²) in [5.41, 5.74) is 0. The summed E-state index contributed by atoms with van der Waals surface area (Å²) in [5, 5.41) is 0. The molecule has 0 bridgehead atoms. The molecule has 51 valence electrons. The number of rotatable bonds is 0. The second-order valence-corrected chi connectivity index (χ2v) is 2.04. The van der Waals surface area contributed by atoms with E-state index in [1.165, 1.54) is 19.3 Å². The summed E-state index contributed by atoms with van der Waals surface area (Å²) in [6.45, 7) is 0. The molecular weight excluding hydrogens is 199 g/mol. The SMILES string of the molecule is [C-]1=C/C=C\CCCC1.[Rh+2]. The van der Waals surface area contributed by atoms with Gasteiger partial charge in [-0.05, 0) is 0 Å². The van der Waals surface area contributed by atoms with Crippen LogP contribution in [-0.2, 0) is 19.5 Å². The van der Waals surface area contributed by atoms with E-state index in [1.807, 2.05) is 6.08 Å². The van der Waals surface area contributed by atoms with E-state index >= 15 is 0 Å². The summed E-state index contributed by atoms with van der Waals surface area (Å²) in [6.07, 6.45) is 14.5. The van der Waals surface area contributed by atoms with Crippen molar-refractivity contribution in [2.45, 2.75) is 25.7 Å². The van der Waals surface area contributed by atoms with Crippen molar-refractivity contribution >= 4 is 0 Å². The van der Waals surface area contributed by atoms with Crippen molar-refractivity contribution in [2.75, 3.05) is 0 Å². The Kier molecular flexibility index (Phi) is 6.30. The molecule has 0 aliphatic heterocycles. The average molecular weight is 210 g/mol. The van der Waals surface area contributed by atoms with Crippen molar-refractivity contribution in [1.82, 2.24) is 0 Å². The third kappa shape index (κ3) is 4.60. The fourth-order valence-corrected chi connectivity index (χ4v) is 0.805. The van der Waals surface area contributed by atoms with Crippen molar-refractivity contribution in [2.24, 2.45) is 0 Å². The minimum Gasteiger partial charge on any atom is -0.275 e. The predicted molar refractivity (Wildman–Crippen MR) is 35.4 cm³/mol. The average Bonchev–Trinajstić information content (AvgIpc) is 1.62. The van der Waals surface area contributed by atoms with E-state index in [0.717, 1.165) is 6.42 Å².